The Morgan fingerprint density at radius 3 is 1.72 bits per heavy atom. The molecule has 0 aromatic rings. The minimum atomic E-state index is 0.174. The molecule has 0 bridgehead atoms. The van der Waals surface area contributed by atoms with Crippen LogP contribution >= 0.6 is 0 Å². The molecule has 2 heteroatoms. The molecular formula is C16H32N2. The van der Waals surface area contributed by atoms with E-state index in [1.165, 1.54) is 70.6 Å². The Bertz CT molecular complexity index is 201. The van der Waals surface area contributed by atoms with Crippen LogP contribution in [0.25, 0.3) is 0 Å². The van der Waals surface area contributed by atoms with Gasteiger partial charge in [-0.2, -0.15) is 0 Å². The minimum absolute atomic E-state index is 0.174. The quantitative estimate of drug-likeness (QED) is 0.748. The van der Waals surface area contributed by atoms with Crippen molar-refractivity contribution in [2.45, 2.75) is 76.2 Å². The van der Waals surface area contributed by atoms with Crippen LogP contribution in [0, 0.1) is 0 Å². The molecule has 1 saturated carbocycles. The van der Waals surface area contributed by atoms with Gasteiger partial charge in [0.25, 0.3) is 0 Å². The van der Waals surface area contributed by atoms with Crippen molar-refractivity contribution in [3.05, 3.63) is 12.7 Å². The topological polar surface area (TPSA) is 38.0 Å². The molecule has 0 aliphatic heterocycles. The molecule has 0 unspecified atom stereocenters. The molecule has 0 atom stereocenters. The number of rotatable bonds is 4. The molecule has 0 aromatic carbocycles. The van der Waals surface area contributed by atoms with Crippen LogP contribution in [-0.4, -0.2) is 18.6 Å². The van der Waals surface area contributed by atoms with Crippen molar-refractivity contribution in [1.29, 1.82) is 0 Å². The lowest BCUT2D eigenvalue weighted by Crippen LogP contribution is -2.51. The van der Waals surface area contributed by atoms with Crippen LogP contribution in [0.4, 0.5) is 0 Å². The van der Waals surface area contributed by atoms with Crippen molar-refractivity contribution in [3.8, 4) is 0 Å². The lowest BCUT2D eigenvalue weighted by atomic mass is 9.85. The van der Waals surface area contributed by atoms with E-state index in [1.54, 1.807) is 0 Å². The average Bonchev–Trinajstić information content (AvgIpc) is 2.39. The number of nitrogens with two attached hydrogens (primary N) is 1. The van der Waals surface area contributed by atoms with E-state index in [-0.39, 0.29) is 5.54 Å². The van der Waals surface area contributed by atoms with Gasteiger partial charge < -0.3 is 11.1 Å². The first-order valence-electron chi connectivity index (χ1n) is 7.89. The highest BCUT2D eigenvalue weighted by atomic mass is 15.0. The first kappa shape index (κ1) is 15.7. The standard InChI is InChI=1S/C16H32N2/c1-2-14-18-16(15-17)12-10-8-6-4-3-5-7-9-11-13-16/h2,18H,1,3-15,17H2. The van der Waals surface area contributed by atoms with Crippen LogP contribution in [0.3, 0.4) is 0 Å². The molecule has 18 heavy (non-hydrogen) atoms. The predicted octanol–water partition coefficient (Wildman–Crippen LogP) is 3.76. The molecule has 0 aromatic heterocycles. The highest BCUT2D eigenvalue weighted by Gasteiger charge is 2.26. The van der Waals surface area contributed by atoms with Gasteiger partial charge in [-0.05, 0) is 12.8 Å². The molecule has 1 rings (SSSR count). The molecule has 3 N–H and O–H groups in total. The van der Waals surface area contributed by atoms with Gasteiger partial charge in [0.05, 0.1) is 0 Å². The van der Waals surface area contributed by atoms with Crippen LogP contribution in [0.5, 0.6) is 0 Å². The lowest BCUT2D eigenvalue weighted by Gasteiger charge is -2.34. The van der Waals surface area contributed by atoms with Gasteiger partial charge in [-0.3, -0.25) is 0 Å². The summed E-state index contributed by atoms with van der Waals surface area (Å²) in [5.74, 6) is 0. The molecule has 1 aliphatic rings. The minimum Gasteiger partial charge on any atom is -0.329 e. The van der Waals surface area contributed by atoms with Gasteiger partial charge in [-0.15, -0.1) is 6.58 Å². The number of hydrogen-bond donors (Lipinski definition) is 2. The Balaban J connectivity index is 2.49. The van der Waals surface area contributed by atoms with Gasteiger partial charge in [-0.1, -0.05) is 63.9 Å². The van der Waals surface area contributed by atoms with Gasteiger partial charge in [-0.25, -0.2) is 0 Å². The molecule has 1 fully saturated rings. The van der Waals surface area contributed by atoms with Crippen molar-refractivity contribution in [3.63, 3.8) is 0 Å². The Kier molecular flexibility index (Phi) is 8.36. The zero-order chi connectivity index (χ0) is 13.1. The maximum absolute atomic E-state index is 6.06. The summed E-state index contributed by atoms with van der Waals surface area (Å²) in [6, 6.07) is 0. The monoisotopic (exact) mass is 252 g/mol. The maximum atomic E-state index is 6.06. The van der Waals surface area contributed by atoms with Crippen LogP contribution in [0.2, 0.25) is 0 Å². The molecule has 0 radical (unpaired) electrons. The van der Waals surface area contributed by atoms with Crippen LogP contribution in [0.15, 0.2) is 12.7 Å². The summed E-state index contributed by atoms with van der Waals surface area (Å²) in [5.41, 5.74) is 6.24. The van der Waals surface area contributed by atoms with E-state index in [4.69, 9.17) is 5.73 Å². The summed E-state index contributed by atoms with van der Waals surface area (Å²) in [6.07, 6.45) is 16.9. The Hall–Kier alpha value is -0.340. The largest absolute Gasteiger partial charge is 0.329 e. The SMILES string of the molecule is C=CCNC1(CN)CCCCCCCCCCC1. The average molecular weight is 252 g/mol. The van der Waals surface area contributed by atoms with Crippen molar-refractivity contribution in [2.75, 3.05) is 13.1 Å². The molecule has 106 valence electrons. The maximum Gasteiger partial charge on any atom is 0.0306 e. The lowest BCUT2D eigenvalue weighted by molar-refractivity contribution is 0.276. The fourth-order valence-electron chi connectivity index (χ4n) is 3.03. The Morgan fingerprint density at radius 1 is 0.889 bits per heavy atom. The molecule has 0 heterocycles. The summed E-state index contributed by atoms with van der Waals surface area (Å²) in [4.78, 5) is 0. The van der Waals surface area contributed by atoms with Crippen molar-refractivity contribution < 1.29 is 0 Å². The summed E-state index contributed by atoms with van der Waals surface area (Å²) in [7, 11) is 0. The van der Waals surface area contributed by atoms with E-state index in [0.29, 0.717) is 0 Å². The highest BCUT2D eigenvalue weighted by Crippen LogP contribution is 2.24. The molecule has 2 nitrogen and oxygen atoms in total. The van der Waals surface area contributed by atoms with E-state index in [9.17, 15) is 0 Å². The van der Waals surface area contributed by atoms with E-state index < -0.39 is 0 Å². The fraction of sp³-hybridized carbons (Fsp3) is 0.875. The summed E-state index contributed by atoms with van der Waals surface area (Å²) < 4.78 is 0. The van der Waals surface area contributed by atoms with Gasteiger partial charge in [0.2, 0.25) is 0 Å². The zero-order valence-corrected chi connectivity index (χ0v) is 12.1. The third-order valence-electron chi connectivity index (χ3n) is 4.32. The van der Waals surface area contributed by atoms with Gasteiger partial charge >= 0.3 is 0 Å². The highest BCUT2D eigenvalue weighted by molar-refractivity contribution is 4.91. The van der Waals surface area contributed by atoms with Gasteiger partial charge in [0.1, 0.15) is 0 Å². The van der Waals surface area contributed by atoms with Crippen LogP contribution in [-0.2, 0) is 0 Å². The number of nitrogens with one attached hydrogen (secondary N) is 1. The second-order valence-corrected chi connectivity index (χ2v) is 5.84. The van der Waals surface area contributed by atoms with Crippen molar-refractivity contribution in [2.24, 2.45) is 5.73 Å². The molecule has 0 spiro atoms. The normalized spacial score (nSPS) is 22.7. The summed E-state index contributed by atoms with van der Waals surface area (Å²) in [6.45, 7) is 5.46. The molecular weight excluding hydrogens is 220 g/mol. The molecule has 0 amide bonds. The zero-order valence-electron chi connectivity index (χ0n) is 12.1. The Morgan fingerprint density at radius 2 is 1.33 bits per heavy atom. The summed E-state index contributed by atoms with van der Waals surface area (Å²) >= 11 is 0. The smallest absolute Gasteiger partial charge is 0.0306 e. The van der Waals surface area contributed by atoms with Crippen LogP contribution in [0.1, 0.15) is 70.6 Å². The third-order valence-corrected chi connectivity index (χ3v) is 4.32. The first-order valence-corrected chi connectivity index (χ1v) is 7.89. The second-order valence-electron chi connectivity index (χ2n) is 5.84. The van der Waals surface area contributed by atoms with Crippen molar-refractivity contribution >= 4 is 0 Å². The van der Waals surface area contributed by atoms with E-state index in [2.05, 4.69) is 11.9 Å². The van der Waals surface area contributed by atoms with E-state index in [1.807, 2.05) is 6.08 Å². The van der Waals surface area contributed by atoms with E-state index >= 15 is 0 Å². The summed E-state index contributed by atoms with van der Waals surface area (Å²) in [5, 5.41) is 3.64. The third kappa shape index (κ3) is 6.01. The van der Waals surface area contributed by atoms with Crippen molar-refractivity contribution in [1.82, 2.24) is 5.32 Å². The molecule has 1 aliphatic carbocycles. The Labute approximate surface area is 113 Å². The van der Waals surface area contributed by atoms with Gasteiger partial charge in [0, 0.05) is 18.6 Å². The van der Waals surface area contributed by atoms with Crippen LogP contribution < -0.4 is 11.1 Å². The number of hydrogen-bond acceptors (Lipinski definition) is 2. The fourth-order valence-corrected chi connectivity index (χ4v) is 3.03. The first-order chi connectivity index (χ1) is 8.83. The van der Waals surface area contributed by atoms with E-state index in [0.717, 1.165) is 13.1 Å². The second kappa shape index (κ2) is 9.57. The molecule has 0 saturated heterocycles. The van der Waals surface area contributed by atoms with Gasteiger partial charge in [0.15, 0.2) is 0 Å². The predicted molar refractivity (Wildman–Crippen MR) is 80.8 cm³/mol.